The molecular weight excluding hydrogens is 271 g/mol. The highest BCUT2D eigenvalue weighted by molar-refractivity contribution is 14.1. The molecule has 2 heterocycles. The molecule has 0 bridgehead atoms. The normalized spacial score (nSPS) is 10.7. The van der Waals surface area contributed by atoms with E-state index in [9.17, 15) is 0 Å². The molecule has 0 saturated carbocycles. The highest BCUT2D eigenvalue weighted by atomic mass is 127. The molecule has 2 rings (SSSR count). The van der Waals surface area contributed by atoms with Crippen LogP contribution in [0.15, 0.2) is 11.4 Å². The molecule has 0 fully saturated rings. The van der Waals surface area contributed by atoms with Gasteiger partial charge >= 0.3 is 0 Å². The second kappa shape index (κ2) is 2.67. The number of aryl methyl sites for hydroxylation is 1. The summed E-state index contributed by atoms with van der Waals surface area (Å²) in [5.74, 6) is 0.851. The minimum atomic E-state index is 0.851. The van der Waals surface area contributed by atoms with Gasteiger partial charge in [-0.2, -0.15) is 0 Å². The van der Waals surface area contributed by atoms with Gasteiger partial charge in [0.15, 0.2) is 0 Å². The van der Waals surface area contributed by atoms with Gasteiger partial charge in [-0.05, 0) is 41.0 Å². The fraction of sp³-hybridized carbons (Fsp3) is 0.143. The Morgan fingerprint density at radius 1 is 1.45 bits per heavy atom. The lowest BCUT2D eigenvalue weighted by Crippen LogP contribution is -1.89. The lowest BCUT2D eigenvalue weighted by Gasteiger charge is -1.93. The van der Waals surface area contributed by atoms with Gasteiger partial charge in [-0.25, -0.2) is 9.97 Å². The third-order valence-electron chi connectivity index (χ3n) is 1.39. The second-order valence-corrected chi connectivity index (χ2v) is 4.12. The topological polar surface area (TPSA) is 25.8 Å². The SMILES string of the molecule is Cc1nc(I)c2ccsc2n1. The maximum atomic E-state index is 4.30. The molecule has 0 N–H and O–H groups in total. The zero-order valence-electron chi connectivity index (χ0n) is 5.84. The first-order valence-electron chi connectivity index (χ1n) is 3.15. The van der Waals surface area contributed by atoms with Crippen molar-refractivity contribution in [3.63, 3.8) is 0 Å². The average Bonchev–Trinajstić information content (AvgIpc) is 2.34. The predicted molar refractivity (Wildman–Crippen MR) is 54.9 cm³/mol. The molecule has 2 aromatic rings. The van der Waals surface area contributed by atoms with Gasteiger partial charge in [-0.15, -0.1) is 11.3 Å². The first kappa shape index (κ1) is 7.42. The molecular formula is C7H5IN2S. The van der Waals surface area contributed by atoms with Crippen LogP contribution >= 0.6 is 33.9 Å². The molecule has 0 spiro atoms. The van der Waals surface area contributed by atoms with Crippen molar-refractivity contribution in [1.82, 2.24) is 9.97 Å². The van der Waals surface area contributed by atoms with E-state index in [0.29, 0.717) is 0 Å². The number of hydrogen-bond acceptors (Lipinski definition) is 3. The Kier molecular flexibility index (Phi) is 1.80. The van der Waals surface area contributed by atoms with Crippen molar-refractivity contribution in [3.8, 4) is 0 Å². The fourth-order valence-electron chi connectivity index (χ4n) is 0.919. The molecule has 2 nitrogen and oxygen atoms in total. The van der Waals surface area contributed by atoms with Crippen LogP contribution in [0.3, 0.4) is 0 Å². The Balaban J connectivity index is 2.91. The molecule has 0 unspecified atom stereocenters. The standard InChI is InChI=1S/C7H5IN2S/c1-4-9-6(8)5-2-3-11-7(5)10-4/h2-3H,1H3. The van der Waals surface area contributed by atoms with Gasteiger partial charge in [0.05, 0.1) is 0 Å². The van der Waals surface area contributed by atoms with Crippen molar-refractivity contribution >= 4 is 44.1 Å². The van der Waals surface area contributed by atoms with Crippen LogP contribution in [0.4, 0.5) is 0 Å². The van der Waals surface area contributed by atoms with Gasteiger partial charge in [0.25, 0.3) is 0 Å². The smallest absolute Gasteiger partial charge is 0.128 e. The Morgan fingerprint density at radius 2 is 2.27 bits per heavy atom. The highest BCUT2D eigenvalue weighted by Crippen LogP contribution is 2.21. The van der Waals surface area contributed by atoms with E-state index in [0.717, 1.165) is 14.4 Å². The summed E-state index contributed by atoms with van der Waals surface area (Å²) in [5.41, 5.74) is 0. The molecule has 56 valence electrons. The van der Waals surface area contributed by atoms with E-state index in [1.54, 1.807) is 11.3 Å². The summed E-state index contributed by atoms with van der Waals surface area (Å²) in [7, 11) is 0. The molecule has 0 aliphatic rings. The molecule has 0 aromatic carbocycles. The minimum absolute atomic E-state index is 0.851. The molecule has 11 heavy (non-hydrogen) atoms. The largest absolute Gasteiger partial charge is 0.227 e. The number of halogens is 1. The van der Waals surface area contributed by atoms with Gasteiger partial charge in [-0.1, -0.05) is 0 Å². The van der Waals surface area contributed by atoms with Crippen molar-refractivity contribution in [3.05, 3.63) is 21.0 Å². The number of nitrogens with zero attached hydrogens (tertiary/aromatic N) is 2. The number of rotatable bonds is 0. The zero-order valence-corrected chi connectivity index (χ0v) is 8.81. The zero-order chi connectivity index (χ0) is 7.84. The van der Waals surface area contributed by atoms with Gasteiger partial charge in [-0.3, -0.25) is 0 Å². The number of fused-ring (bicyclic) bond motifs is 1. The summed E-state index contributed by atoms with van der Waals surface area (Å²) in [5, 5.41) is 3.21. The van der Waals surface area contributed by atoms with Crippen LogP contribution in [0, 0.1) is 10.6 Å². The Labute approximate surface area is 81.8 Å². The van der Waals surface area contributed by atoms with Gasteiger partial charge < -0.3 is 0 Å². The third kappa shape index (κ3) is 1.24. The maximum Gasteiger partial charge on any atom is 0.128 e. The fourth-order valence-corrected chi connectivity index (χ4v) is 2.70. The van der Waals surface area contributed by atoms with Gasteiger partial charge in [0, 0.05) is 5.39 Å². The van der Waals surface area contributed by atoms with Crippen LogP contribution in [0.1, 0.15) is 5.82 Å². The summed E-state index contributed by atoms with van der Waals surface area (Å²) in [4.78, 5) is 9.64. The van der Waals surface area contributed by atoms with Crippen LogP contribution in [0.25, 0.3) is 10.2 Å². The average molecular weight is 276 g/mol. The van der Waals surface area contributed by atoms with Gasteiger partial charge in [0.2, 0.25) is 0 Å². The Morgan fingerprint density at radius 3 is 3.09 bits per heavy atom. The summed E-state index contributed by atoms with van der Waals surface area (Å²) in [6.07, 6.45) is 0. The summed E-state index contributed by atoms with van der Waals surface area (Å²) < 4.78 is 1.05. The van der Waals surface area contributed by atoms with Crippen LogP contribution in [-0.2, 0) is 0 Å². The number of aromatic nitrogens is 2. The van der Waals surface area contributed by atoms with E-state index in [1.807, 2.05) is 12.3 Å². The monoisotopic (exact) mass is 276 g/mol. The van der Waals surface area contributed by atoms with Crippen LogP contribution in [0.5, 0.6) is 0 Å². The van der Waals surface area contributed by atoms with Gasteiger partial charge in [0.1, 0.15) is 14.4 Å². The van der Waals surface area contributed by atoms with Crippen molar-refractivity contribution in [2.24, 2.45) is 0 Å². The first-order chi connectivity index (χ1) is 5.27. The maximum absolute atomic E-state index is 4.30. The van der Waals surface area contributed by atoms with E-state index in [-0.39, 0.29) is 0 Å². The van der Waals surface area contributed by atoms with E-state index in [2.05, 4.69) is 38.6 Å². The lowest BCUT2D eigenvalue weighted by molar-refractivity contribution is 1.08. The van der Waals surface area contributed by atoms with E-state index in [4.69, 9.17) is 0 Å². The Hall–Kier alpha value is -0.230. The predicted octanol–water partition coefficient (Wildman–Crippen LogP) is 2.60. The van der Waals surface area contributed by atoms with Crippen LogP contribution < -0.4 is 0 Å². The quantitative estimate of drug-likeness (QED) is 0.546. The van der Waals surface area contributed by atoms with E-state index >= 15 is 0 Å². The molecule has 0 saturated heterocycles. The highest BCUT2D eigenvalue weighted by Gasteiger charge is 2.02. The van der Waals surface area contributed by atoms with Crippen molar-refractivity contribution in [2.75, 3.05) is 0 Å². The minimum Gasteiger partial charge on any atom is -0.227 e. The molecule has 0 aliphatic heterocycles. The Bertz CT molecular complexity index is 396. The van der Waals surface area contributed by atoms with Crippen LogP contribution in [0.2, 0.25) is 0 Å². The molecule has 2 aromatic heterocycles. The number of thiophene rings is 1. The lowest BCUT2D eigenvalue weighted by atomic mass is 10.4. The van der Waals surface area contributed by atoms with Crippen molar-refractivity contribution in [1.29, 1.82) is 0 Å². The van der Waals surface area contributed by atoms with Crippen molar-refractivity contribution < 1.29 is 0 Å². The molecule has 0 amide bonds. The number of hydrogen-bond donors (Lipinski definition) is 0. The summed E-state index contributed by atoms with van der Waals surface area (Å²) >= 11 is 3.90. The molecule has 0 radical (unpaired) electrons. The van der Waals surface area contributed by atoms with Crippen molar-refractivity contribution in [2.45, 2.75) is 6.92 Å². The summed E-state index contributed by atoms with van der Waals surface area (Å²) in [6.45, 7) is 1.92. The van der Waals surface area contributed by atoms with Crippen LogP contribution in [-0.4, -0.2) is 9.97 Å². The van der Waals surface area contributed by atoms with E-state index in [1.165, 1.54) is 5.39 Å². The molecule has 0 atom stereocenters. The third-order valence-corrected chi connectivity index (χ3v) is 3.02. The first-order valence-corrected chi connectivity index (χ1v) is 5.10. The molecule has 0 aliphatic carbocycles. The molecule has 4 heteroatoms. The van der Waals surface area contributed by atoms with E-state index < -0.39 is 0 Å². The second-order valence-electron chi connectivity index (χ2n) is 2.20. The summed E-state index contributed by atoms with van der Waals surface area (Å²) in [6, 6.07) is 2.06.